The van der Waals surface area contributed by atoms with Gasteiger partial charge in [0.15, 0.2) is 5.82 Å². The van der Waals surface area contributed by atoms with E-state index < -0.39 is 0 Å². The van der Waals surface area contributed by atoms with Gasteiger partial charge in [-0.3, -0.25) is 4.98 Å². The minimum Gasteiger partial charge on any atom is -0.378 e. The lowest BCUT2D eigenvalue weighted by Crippen LogP contribution is -1.96. The second-order valence-electron chi connectivity index (χ2n) is 2.89. The Morgan fingerprint density at radius 2 is 2.47 bits per heavy atom. The molecule has 0 saturated heterocycles. The predicted octanol–water partition coefficient (Wildman–Crippen LogP) is 2.41. The normalized spacial score (nSPS) is 10.5. The van der Waals surface area contributed by atoms with Gasteiger partial charge < -0.3 is 9.72 Å². The minimum absolute atomic E-state index is 0.498. The smallest absolute Gasteiger partial charge is 0.150 e. The van der Waals surface area contributed by atoms with Crippen molar-refractivity contribution in [2.75, 3.05) is 7.11 Å². The van der Waals surface area contributed by atoms with Crippen molar-refractivity contribution >= 4 is 23.6 Å². The first kappa shape index (κ1) is 10.4. The Morgan fingerprint density at radius 1 is 1.60 bits per heavy atom. The molecule has 0 unspecified atom stereocenters. The average molecular weight is 239 g/mol. The number of methoxy groups -OCH3 is 1. The van der Waals surface area contributed by atoms with E-state index in [1.807, 2.05) is 0 Å². The van der Waals surface area contributed by atoms with Gasteiger partial charge in [0.25, 0.3) is 0 Å². The second kappa shape index (κ2) is 4.61. The molecule has 0 radical (unpaired) electrons. The van der Waals surface area contributed by atoms with Crippen molar-refractivity contribution in [3.05, 3.63) is 28.1 Å². The lowest BCUT2D eigenvalue weighted by Gasteiger charge is -2.02. The number of hydrogen-bond acceptors (Lipinski definition) is 5. The van der Waals surface area contributed by atoms with E-state index in [4.69, 9.17) is 17.0 Å². The SMILES string of the molecule is COCc1cc(=S)nc(-c2cncs2)[nH]1. The Labute approximate surface area is 96.0 Å². The van der Waals surface area contributed by atoms with E-state index in [-0.39, 0.29) is 0 Å². The van der Waals surface area contributed by atoms with Crippen LogP contribution in [0.5, 0.6) is 0 Å². The Morgan fingerprint density at radius 3 is 3.13 bits per heavy atom. The summed E-state index contributed by atoms with van der Waals surface area (Å²) in [6.07, 6.45) is 1.76. The van der Waals surface area contributed by atoms with Crippen LogP contribution in [0.2, 0.25) is 0 Å². The first-order valence-electron chi connectivity index (χ1n) is 4.27. The third-order valence-electron chi connectivity index (χ3n) is 1.76. The lowest BCUT2D eigenvalue weighted by molar-refractivity contribution is 0.181. The van der Waals surface area contributed by atoms with Crippen molar-refractivity contribution in [3.63, 3.8) is 0 Å². The highest BCUT2D eigenvalue weighted by molar-refractivity contribution is 7.71. The maximum atomic E-state index is 5.07. The molecular formula is C9H9N3OS2. The maximum absolute atomic E-state index is 5.07. The highest BCUT2D eigenvalue weighted by atomic mass is 32.1. The van der Waals surface area contributed by atoms with Gasteiger partial charge in [-0.2, -0.15) is 0 Å². The lowest BCUT2D eigenvalue weighted by atomic mass is 10.4. The number of nitrogens with zero attached hydrogens (tertiary/aromatic N) is 2. The third kappa shape index (κ3) is 2.47. The largest absolute Gasteiger partial charge is 0.378 e. The summed E-state index contributed by atoms with van der Waals surface area (Å²) < 4.78 is 5.60. The van der Waals surface area contributed by atoms with Crippen molar-refractivity contribution in [2.24, 2.45) is 0 Å². The highest BCUT2D eigenvalue weighted by Gasteiger charge is 2.03. The molecule has 2 rings (SSSR count). The van der Waals surface area contributed by atoms with E-state index >= 15 is 0 Å². The number of H-pyrrole nitrogens is 1. The summed E-state index contributed by atoms with van der Waals surface area (Å²) in [5.41, 5.74) is 2.68. The molecule has 0 amide bonds. The molecule has 2 aromatic heterocycles. The summed E-state index contributed by atoms with van der Waals surface area (Å²) in [6.45, 7) is 0.498. The molecule has 4 nitrogen and oxygen atoms in total. The molecule has 2 heterocycles. The van der Waals surface area contributed by atoms with E-state index in [0.29, 0.717) is 11.2 Å². The summed E-state index contributed by atoms with van der Waals surface area (Å²) in [7, 11) is 1.64. The Balaban J connectivity index is 2.44. The maximum Gasteiger partial charge on any atom is 0.150 e. The van der Waals surface area contributed by atoms with Crippen molar-refractivity contribution in [1.29, 1.82) is 0 Å². The monoisotopic (exact) mass is 239 g/mol. The first-order chi connectivity index (χ1) is 7.29. The minimum atomic E-state index is 0.498. The summed E-state index contributed by atoms with van der Waals surface area (Å²) in [6, 6.07) is 1.80. The van der Waals surface area contributed by atoms with Gasteiger partial charge >= 0.3 is 0 Å². The first-order valence-corrected chi connectivity index (χ1v) is 5.56. The Bertz CT molecular complexity index is 492. The molecule has 78 valence electrons. The molecule has 0 atom stereocenters. The third-order valence-corrected chi connectivity index (χ3v) is 2.75. The number of rotatable bonds is 3. The zero-order valence-electron chi connectivity index (χ0n) is 8.06. The summed E-state index contributed by atoms with van der Waals surface area (Å²) in [5.74, 6) is 0.747. The second-order valence-corrected chi connectivity index (χ2v) is 4.20. The van der Waals surface area contributed by atoms with Crippen molar-refractivity contribution in [1.82, 2.24) is 15.0 Å². The quantitative estimate of drug-likeness (QED) is 0.836. The molecule has 0 aliphatic heterocycles. The van der Waals surface area contributed by atoms with Crippen LogP contribution in [-0.4, -0.2) is 22.1 Å². The van der Waals surface area contributed by atoms with E-state index in [1.54, 1.807) is 24.9 Å². The summed E-state index contributed by atoms with van der Waals surface area (Å²) in [5, 5.41) is 0. The zero-order chi connectivity index (χ0) is 10.7. The summed E-state index contributed by atoms with van der Waals surface area (Å²) >= 11 is 6.59. The average Bonchev–Trinajstić information content (AvgIpc) is 2.70. The Kier molecular flexibility index (Phi) is 3.20. The fourth-order valence-corrected chi connectivity index (χ4v) is 1.99. The standard InChI is InChI=1S/C9H9N3OS2/c1-13-4-6-2-8(14)12-9(11-6)7-3-10-5-15-7/h2-3,5H,4H2,1H3,(H,11,12,14). The van der Waals surface area contributed by atoms with Crippen LogP contribution in [0, 0.1) is 4.64 Å². The van der Waals surface area contributed by atoms with Gasteiger partial charge in [-0.1, -0.05) is 12.2 Å². The molecule has 2 aromatic rings. The number of aromatic amines is 1. The molecule has 0 bridgehead atoms. The van der Waals surface area contributed by atoms with Crippen molar-refractivity contribution in [3.8, 4) is 10.7 Å². The van der Waals surface area contributed by atoms with E-state index in [1.165, 1.54) is 11.3 Å². The summed E-state index contributed by atoms with van der Waals surface area (Å²) in [4.78, 5) is 12.4. The van der Waals surface area contributed by atoms with Gasteiger partial charge in [0, 0.05) is 19.0 Å². The molecular weight excluding hydrogens is 230 g/mol. The van der Waals surface area contributed by atoms with E-state index in [9.17, 15) is 0 Å². The van der Waals surface area contributed by atoms with E-state index in [2.05, 4.69) is 15.0 Å². The number of hydrogen-bond donors (Lipinski definition) is 1. The number of thiazole rings is 1. The predicted molar refractivity (Wildman–Crippen MR) is 61.2 cm³/mol. The van der Waals surface area contributed by atoms with Crippen molar-refractivity contribution in [2.45, 2.75) is 6.61 Å². The number of ether oxygens (including phenoxy) is 1. The molecule has 0 aromatic carbocycles. The number of aromatic nitrogens is 3. The van der Waals surface area contributed by atoms with Crippen molar-refractivity contribution < 1.29 is 4.74 Å². The van der Waals surface area contributed by atoms with Crippen LogP contribution in [-0.2, 0) is 11.3 Å². The van der Waals surface area contributed by atoms with Crippen LogP contribution < -0.4 is 0 Å². The molecule has 0 spiro atoms. The fraction of sp³-hybridized carbons (Fsp3) is 0.222. The molecule has 0 aliphatic carbocycles. The van der Waals surface area contributed by atoms with E-state index in [0.717, 1.165) is 16.4 Å². The highest BCUT2D eigenvalue weighted by Crippen LogP contribution is 2.19. The molecule has 0 saturated carbocycles. The van der Waals surface area contributed by atoms with Crippen LogP contribution in [0.15, 0.2) is 17.8 Å². The van der Waals surface area contributed by atoms with Gasteiger partial charge in [0.2, 0.25) is 0 Å². The van der Waals surface area contributed by atoms with Crippen LogP contribution in [0.3, 0.4) is 0 Å². The van der Waals surface area contributed by atoms with Crippen LogP contribution >= 0.6 is 23.6 Å². The topological polar surface area (TPSA) is 50.8 Å². The van der Waals surface area contributed by atoms with Gasteiger partial charge in [-0.15, -0.1) is 11.3 Å². The van der Waals surface area contributed by atoms with Gasteiger partial charge in [0.1, 0.15) is 4.64 Å². The van der Waals surface area contributed by atoms with Crippen LogP contribution in [0.25, 0.3) is 10.7 Å². The van der Waals surface area contributed by atoms with Crippen LogP contribution in [0.4, 0.5) is 0 Å². The molecule has 0 aliphatic rings. The van der Waals surface area contributed by atoms with Gasteiger partial charge in [-0.25, -0.2) is 4.98 Å². The fourth-order valence-electron chi connectivity index (χ4n) is 1.19. The zero-order valence-corrected chi connectivity index (χ0v) is 9.69. The Hall–Kier alpha value is -1.11. The number of nitrogens with one attached hydrogen (secondary N) is 1. The van der Waals surface area contributed by atoms with Crippen LogP contribution in [0.1, 0.15) is 5.69 Å². The molecule has 1 N–H and O–H groups in total. The molecule has 6 heteroatoms. The molecule has 15 heavy (non-hydrogen) atoms. The van der Waals surface area contributed by atoms with Gasteiger partial charge in [0.05, 0.1) is 17.0 Å². The van der Waals surface area contributed by atoms with Gasteiger partial charge in [-0.05, 0) is 6.07 Å². The molecule has 0 fully saturated rings.